The minimum atomic E-state index is 0.359. The van der Waals surface area contributed by atoms with Crippen molar-refractivity contribution in [1.82, 2.24) is 14.8 Å². The zero-order valence-corrected chi connectivity index (χ0v) is 15.6. The van der Waals surface area contributed by atoms with Gasteiger partial charge in [0.1, 0.15) is 5.76 Å². The second-order valence-electron chi connectivity index (χ2n) is 7.80. The van der Waals surface area contributed by atoms with Crippen LogP contribution in [0.1, 0.15) is 24.7 Å². The summed E-state index contributed by atoms with van der Waals surface area (Å²) in [5, 5.41) is 0. The van der Waals surface area contributed by atoms with Crippen LogP contribution in [0.2, 0.25) is 0 Å². The number of ether oxygens (including phenoxy) is 1. The van der Waals surface area contributed by atoms with E-state index in [1.54, 1.807) is 12.5 Å². The Morgan fingerprint density at radius 3 is 2.96 bits per heavy atom. The van der Waals surface area contributed by atoms with Crippen molar-refractivity contribution in [3.8, 4) is 0 Å². The molecule has 0 bridgehead atoms. The van der Waals surface area contributed by atoms with Crippen LogP contribution in [0.25, 0.3) is 0 Å². The predicted octanol–water partition coefficient (Wildman–Crippen LogP) is 3.04. The molecule has 0 aliphatic carbocycles. The highest BCUT2D eigenvalue weighted by atomic mass is 16.5. The summed E-state index contributed by atoms with van der Waals surface area (Å²) < 4.78 is 11.7. The summed E-state index contributed by atoms with van der Waals surface area (Å²) in [5.41, 5.74) is 1.51. The lowest BCUT2D eigenvalue weighted by Gasteiger charge is -2.30. The summed E-state index contributed by atoms with van der Waals surface area (Å²) in [6, 6.07) is 8.10. The molecule has 2 atom stereocenters. The smallest absolute Gasteiger partial charge is 0.117 e. The highest BCUT2D eigenvalue weighted by Gasteiger charge is 2.49. The van der Waals surface area contributed by atoms with E-state index in [9.17, 15) is 0 Å². The predicted molar refractivity (Wildman–Crippen MR) is 101 cm³/mol. The first-order valence-electron chi connectivity index (χ1n) is 9.71. The number of aromatic nitrogens is 1. The quantitative estimate of drug-likeness (QED) is 0.764. The van der Waals surface area contributed by atoms with Crippen molar-refractivity contribution in [3.05, 3.63) is 54.2 Å². The summed E-state index contributed by atoms with van der Waals surface area (Å²) in [7, 11) is 0. The zero-order valence-electron chi connectivity index (χ0n) is 15.6. The number of rotatable bonds is 7. The Hall–Kier alpha value is -1.69. The van der Waals surface area contributed by atoms with Gasteiger partial charge in [-0.25, -0.2) is 0 Å². The molecule has 2 aliphatic heterocycles. The molecule has 140 valence electrons. The number of furan rings is 1. The monoisotopic (exact) mass is 355 g/mol. The molecule has 0 N–H and O–H groups in total. The van der Waals surface area contributed by atoms with Gasteiger partial charge in [0.15, 0.2) is 0 Å². The number of likely N-dealkylation sites (tertiary alicyclic amines) is 2. The second-order valence-corrected chi connectivity index (χ2v) is 7.80. The Kier molecular flexibility index (Phi) is 5.38. The van der Waals surface area contributed by atoms with Crippen LogP contribution in [0.5, 0.6) is 0 Å². The van der Waals surface area contributed by atoms with Crippen molar-refractivity contribution >= 4 is 0 Å². The summed E-state index contributed by atoms with van der Waals surface area (Å²) in [4.78, 5) is 9.31. The summed E-state index contributed by atoms with van der Waals surface area (Å²) in [6.45, 7) is 10.4. The average Bonchev–Trinajstić information content (AvgIpc) is 3.39. The molecular weight excluding hydrogens is 326 g/mol. The normalized spacial score (nSPS) is 26.9. The van der Waals surface area contributed by atoms with Crippen molar-refractivity contribution in [2.45, 2.75) is 26.5 Å². The topological polar surface area (TPSA) is 41.7 Å². The Morgan fingerprint density at radius 2 is 2.19 bits per heavy atom. The van der Waals surface area contributed by atoms with Crippen molar-refractivity contribution in [3.63, 3.8) is 0 Å². The van der Waals surface area contributed by atoms with E-state index in [-0.39, 0.29) is 0 Å². The Balaban J connectivity index is 1.36. The van der Waals surface area contributed by atoms with Crippen LogP contribution in [0.15, 0.2) is 47.3 Å². The van der Waals surface area contributed by atoms with E-state index in [4.69, 9.17) is 9.15 Å². The maximum Gasteiger partial charge on any atom is 0.117 e. The molecule has 1 spiro atoms. The van der Waals surface area contributed by atoms with Crippen LogP contribution in [0, 0.1) is 11.3 Å². The fourth-order valence-corrected chi connectivity index (χ4v) is 4.62. The molecule has 0 unspecified atom stereocenters. The van der Waals surface area contributed by atoms with Crippen LogP contribution in [0.4, 0.5) is 0 Å². The van der Waals surface area contributed by atoms with Crippen LogP contribution >= 0.6 is 0 Å². The highest BCUT2D eigenvalue weighted by Crippen LogP contribution is 2.44. The third-order valence-electron chi connectivity index (χ3n) is 6.06. The molecule has 2 aromatic heterocycles. The molecule has 0 aromatic carbocycles. The molecule has 0 amide bonds. The van der Waals surface area contributed by atoms with Crippen molar-refractivity contribution in [1.29, 1.82) is 0 Å². The van der Waals surface area contributed by atoms with Gasteiger partial charge in [-0.15, -0.1) is 0 Å². The summed E-state index contributed by atoms with van der Waals surface area (Å²) >= 11 is 0. The highest BCUT2D eigenvalue weighted by molar-refractivity contribution is 5.07. The molecule has 2 fully saturated rings. The van der Waals surface area contributed by atoms with Gasteiger partial charge in [-0.05, 0) is 43.3 Å². The maximum atomic E-state index is 6.12. The minimum Gasteiger partial charge on any atom is -0.468 e. The molecule has 2 saturated heterocycles. The van der Waals surface area contributed by atoms with E-state index < -0.39 is 0 Å². The first-order chi connectivity index (χ1) is 12.8. The van der Waals surface area contributed by atoms with Gasteiger partial charge >= 0.3 is 0 Å². The minimum absolute atomic E-state index is 0.359. The van der Waals surface area contributed by atoms with Crippen LogP contribution < -0.4 is 0 Å². The molecule has 0 radical (unpaired) electrons. The van der Waals surface area contributed by atoms with E-state index in [2.05, 4.69) is 33.8 Å². The fraction of sp³-hybridized carbons (Fsp3) is 0.571. The summed E-state index contributed by atoms with van der Waals surface area (Å²) in [5.74, 6) is 1.66. The lowest BCUT2D eigenvalue weighted by atomic mass is 9.77. The van der Waals surface area contributed by atoms with E-state index >= 15 is 0 Å². The number of hydrogen-bond donors (Lipinski definition) is 0. The molecule has 2 aliphatic rings. The lowest BCUT2D eigenvalue weighted by molar-refractivity contribution is 0.0512. The average molecular weight is 355 g/mol. The second kappa shape index (κ2) is 7.91. The van der Waals surface area contributed by atoms with Gasteiger partial charge in [-0.1, -0.05) is 13.0 Å². The zero-order chi connectivity index (χ0) is 17.8. The Morgan fingerprint density at radius 1 is 1.27 bits per heavy atom. The van der Waals surface area contributed by atoms with Gasteiger partial charge in [-0.3, -0.25) is 9.88 Å². The van der Waals surface area contributed by atoms with Crippen LogP contribution in [-0.4, -0.2) is 54.1 Å². The third-order valence-corrected chi connectivity index (χ3v) is 6.06. The van der Waals surface area contributed by atoms with Crippen molar-refractivity contribution in [2.75, 3.05) is 39.3 Å². The van der Waals surface area contributed by atoms with Gasteiger partial charge in [0, 0.05) is 43.4 Å². The molecular formula is C21H29N3O2. The lowest BCUT2D eigenvalue weighted by Crippen LogP contribution is -2.36. The largest absolute Gasteiger partial charge is 0.468 e. The SMILES string of the molecule is CCN1C[C@@H](COCc2cccnc2)[C@]2(CCN(Cc3ccco3)C2)C1. The third kappa shape index (κ3) is 3.85. The van der Waals surface area contributed by atoms with Gasteiger partial charge in [0.25, 0.3) is 0 Å². The van der Waals surface area contributed by atoms with Gasteiger partial charge < -0.3 is 14.1 Å². The molecule has 4 heterocycles. The maximum absolute atomic E-state index is 6.12. The summed E-state index contributed by atoms with van der Waals surface area (Å²) in [6.07, 6.45) is 6.72. The van der Waals surface area contributed by atoms with Crippen LogP contribution in [-0.2, 0) is 17.9 Å². The van der Waals surface area contributed by atoms with Crippen molar-refractivity contribution < 1.29 is 9.15 Å². The Labute approximate surface area is 156 Å². The Bertz CT molecular complexity index is 676. The molecule has 2 aromatic rings. The van der Waals surface area contributed by atoms with Gasteiger partial charge in [0.2, 0.25) is 0 Å². The fourth-order valence-electron chi connectivity index (χ4n) is 4.62. The van der Waals surface area contributed by atoms with E-state index in [0.717, 1.165) is 50.7 Å². The number of pyridine rings is 1. The van der Waals surface area contributed by atoms with E-state index in [0.29, 0.717) is 17.9 Å². The molecule has 5 heteroatoms. The first-order valence-corrected chi connectivity index (χ1v) is 9.71. The van der Waals surface area contributed by atoms with Gasteiger partial charge in [0.05, 0.1) is 26.0 Å². The van der Waals surface area contributed by atoms with E-state index in [1.165, 1.54) is 13.0 Å². The molecule has 5 nitrogen and oxygen atoms in total. The standard InChI is InChI=1S/C21H29N3O2/c1-2-23-12-19(15-25-14-18-5-3-8-22-11-18)21(16-23)7-9-24(17-21)13-20-6-4-10-26-20/h3-6,8,10-11,19H,2,7,9,12-17H2,1H3/t19-,21+/m0/s1. The molecule has 26 heavy (non-hydrogen) atoms. The number of nitrogens with zero attached hydrogens (tertiary/aromatic N) is 3. The van der Waals surface area contributed by atoms with E-state index in [1.807, 2.05) is 18.3 Å². The first kappa shape index (κ1) is 17.7. The van der Waals surface area contributed by atoms with Gasteiger partial charge in [-0.2, -0.15) is 0 Å². The molecule has 0 saturated carbocycles. The molecule has 4 rings (SSSR count). The van der Waals surface area contributed by atoms with Crippen LogP contribution in [0.3, 0.4) is 0 Å². The number of hydrogen-bond acceptors (Lipinski definition) is 5. The van der Waals surface area contributed by atoms with Crippen molar-refractivity contribution in [2.24, 2.45) is 11.3 Å².